The van der Waals surface area contributed by atoms with Gasteiger partial charge >= 0.3 is 0 Å². The van der Waals surface area contributed by atoms with E-state index >= 15 is 0 Å². The first-order valence-corrected chi connectivity index (χ1v) is 6.96. The third-order valence-electron chi connectivity index (χ3n) is 3.64. The first-order chi connectivity index (χ1) is 8.43. The molecule has 1 nitrogen and oxygen atoms in total. The van der Waals surface area contributed by atoms with Crippen LogP contribution in [0.4, 0.5) is 0 Å². The summed E-state index contributed by atoms with van der Waals surface area (Å²) in [4.78, 5) is 0. The van der Waals surface area contributed by atoms with Crippen molar-refractivity contribution in [1.82, 2.24) is 0 Å². The lowest BCUT2D eigenvalue weighted by Gasteiger charge is -2.33. The molecule has 98 valence electrons. The van der Waals surface area contributed by atoms with Crippen LogP contribution < -0.4 is 0 Å². The molecule has 0 saturated carbocycles. The highest BCUT2D eigenvalue weighted by atomic mass is 35.5. The highest BCUT2D eigenvalue weighted by Crippen LogP contribution is 2.43. The second kappa shape index (κ2) is 5.24. The minimum atomic E-state index is 0.131. The van der Waals surface area contributed by atoms with Gasteiger partial charge in [-0.15, -0.1) is 0 Å². The predicted molar refractivity (Wildman–Crippen MR) is 78.1 cm³/mol. The van der Waals surface area contributed by atoms with Gasteiger partial charge in [-0.2, -0.15) is 0 Å². The maximum Gasteiger partial charge on any atom is 0.0647 e. The number of benzene rings is 1. The summed E-state index contributed by atoms with van der Waals surface area (Å²) in [5, 5.41) is 10.6. The fourth-order valence-electron chi connectivity index (χ4n) is 2.50. The lowest BCUT2D eigenvalue weighted by Crippen LogP contribution is -2.19. The molecule has 18 heavy (non-hydrogen) atoms. The number of halogens is 2. The fourth-order valence-corrected chi connectivity index (χ4v) is 2.79. The highest BCUT2D eigenvalue weighted by molar-refractivity contribution is 6.42. The molecular weight excluding hydrogens is 267 g/mol. The summed E-state index contributed by atoms with van der Waals surface area (Å²) in [6.07, 6.45) is 3.05. The van der Waals surface area contributed by atoms with Crippen LogP contribution in [0.3, 0.4) is 0 Å². The van der Waals surface area contributed by atoms with E-state index in [9.17, 15) is 5.11 Å². The molecule has 1 aromatic rings. The Morgan fingerprint density at radius 3 is 2.56 bits per heavy atom. The normalized spacial score (nSPS) is 19.2. The Morgan fingerprint density at radius 2 is 1.94 bits per heavy atom. The quantitative estimate of drug-likeness (QED) is 0.815. The van der Waals surface area contributed by atoms with Gasteiger partial charge < -0.3 is 5.11 Å². The van der Waals surface area contributed by atoms with Gasteiger partial charge in [0, 0.05) is 0 Å². The van der Waals surface area contributed by atoms with Gasteiger partial charge in [0.1, 0.15) is 0 Å². The van der Waals surface area contributed by atoms with Crippen LogP contribution in [0.25, 0.3) is 5.57 Å². The number of hydrogen-bond donors (Lipinski definition) is 1. The molecule has 1 aromatic carbocycles. The zero-order valence-corrected chi connectivity index (χ0v) is 12.3. The van der Waals surface area contributed by atoms with Gasteiger partial charge in [0.25, 0.3) is 0 Å². The van der Waals surface area contributed by atoms with Crippen molar-refractivity contribution >= 4 is 28.8 Å². The van der Waals surface area contributed by atoms with Crippen molar-refractivity contribution in [2.24, 2.45) is 5.41 Å². The monoisotopic (exact) mass is 284 g/mol. The first-order valence-electron chi connectivity index (χ1n) is 6.20. The van der Waals surface area contributed by atoms with E-state index in [0.29, 0.717) is 10.0 Å². The van der Waals surface area contributed by atoms with Crippen molar-refractivity contribution in [2.75, 3.05) is 6.61 Å². The minimum absolute atomic E-state index is 0.131. The van der Waals surface area contributed by atoms with E-state index in [2.05, 4.69) is 13.8 Å². The Bertz CT molecular complexity index is 489. The molecule has 0 bridgehead atoms. The number of hydrogen-bond acceptors (Lipinski definition) is 1. The lowest BCUT2D eigenvalue weighted by molar-refractivity contribution is 0.291. The Kier molecular flexibility index (Phi) is 4.05. The molecule has 0 unspecified atom stereocenters. The van der Waals surface area contributed by atoms with Crippen LogP contribution in [0, 0.1) is 5.41 Å². The van der Waals surface area contributed by atoms with Crippen molar-refractivity contribution in [2.45, 2.75) is 33.1 Å². The van der Waals surface area contributed by atoms with Gasteiger partial charge in [0.05, 0.1) is 16.7 Å². The molecule has 0 aliphatic heterocycles. The molecule has 1 aliphatic carbocycles. The summed E-state index contributed by atoms with van der Waals surface area (Å²) < 4.78 is 0. The molecular formula is C15H18Cl2O. The summed E-state index contributed by atoms with van der Waals surface area (Å²) in [6.45, 7) is 4.66. The predicted octanol–water partition coefficient (Wildman–Crippen LogP) is 4.95. The highest BCUT2D eigenvalue weighted by Gasteiger charge is 2.27. The number of rotatable bonds is 2. The zero-order chi connectivity index (χ0) is 13.3. The molecule has 2 rings (SSSR count). The van der Waals surface area contributed by atoms with E-state index in [1.807, 2.05) is 18.2 Å². The second-order valence-electron chi connectivity index (χ2n) is 5.71. The fraction of sp³-hybridized carbons (Fsp3) is 0.467. The molecule has 0 aromatic heterocycles. The molecule has 1 N–H and O–H groups in total. The van der Waals surface area contributed by atoms with Crippen molar-refractivity contribution < 1.29 is 5.11 Å². The van der Waals surface area contributed by atoms with Crippen LogP contribution in [-0.4, -0.2) is 11.7 Å². The van der Waals surface area contributed by atoms with E-state index in [4.69, 9.17) is 23.2 Å². The summed E-state index contributed by atoms with van der Waals surface area (Å²) in [7, 11) is 0. The average molecular weight is 285 g/mol. The van der Waals surface area contributed by atoms with Gasteiger partial charge in [-0.25, -0.2) is 0 Å². The van der Waals surface area contributed by atoms with Crippen LogP contribution >= 0.6 is 23.2 Å². The van der Waals surface area contributed by atoms with Crippen LogP contribution in [0.5, 0.6) is 0 Å². The third-order valence-corrected chi connectivity index (χ3v) is 4.38. The molecule has 1 aliphatic rings. The number of aliphatic hydroxyl groups excluding tert-OH is 1. The summed E-state index contributed by atoms with van der Waals surface area (Å²) in [6, 6.07) is 5.71. The first kappa shape index (κ1) is 13.9. The zero-order valence-electron chi connectivity index (χ0n) is 10.8. The minimum Gasteiger partial charge on any atom is -0.392 e. The van der Waals surface area contributed by atoms with Gasteiger partial charge in [0.15, 0.2) is 0 Å². The van der Waals surface area contributed by atoms with Crippen LogP contribution in [0.2, 0.25) is 10.0 Å². The van der Waals surface area contributed by atoms with Crippen LogP contribution in [-0.2, 0) is 0 Å². The molecule has 0 heterocycles. The van der Waals surface area contributed by atoms with Crippen molar-refractivity contribution in [3.63, 3.8) is 0 Å². The molecule has 0 atom stereocenters. The average Bonchev–Trinajstić information content (AvgIpc) is 2.32. The van der Waals surface area contributed by atoms with E-state index in [1.165, 1.54) is 5.57 Å². The summed E-state index contributed by atoms with van der Waals surface area (Å²) in [5.41, 5.74) is 3.72. The Labute approximate surface area is 118 Å². The lowest BCUT2D eigenvalue weighted by atomic mass is 9.73. The topological polar surface area (TPSA) is 20.2 Å². The van der Waals surface area contributed by atoms with Crippen molar-refractivity contribution in [3.8, 4) is 0 Å². The maximum atomic E-state index is 9.50. The second-order valence-corrected chi connectivity index (χ2v) is 6.52. The van der Waals surface area contributed by atoms with Crippen molar-refractivity contribution in [1.29, 1.82) is 0 Å². The standard InChI is InChI=1S/C15H18Cl2O/c1-15(2)6-5-11(9-18)12(8-15)10-3-4-13(16)14(17)7-10/h3-4,7,18H,5-6,8-9H2,1-2H3. The molecule has 0 saturated heterocycles. The molecule has 0 radical (unpaired) electrons. The Morgan fingerprint density at radius 1 is 1.22 bits per heavy atom. The number of allylic oxidation sites excluding steroid dienone is 1. The van der Waals surface area contributed by atoms with E-state index < -0.39 is 0 Å². The summed E-state index contributed by atoms with van der Waals surface area (Å²) in [5.74, 6) is 0. The largest absolute Gasteiger partial charge is 0.392 e. The van der Waals surface area contributed by atoms with Crippen LogP contribution in [0.15, 0.2) is 23.8 Å². The van der Waals surface area contributed by atoms with E-state index in [1.54, 1.807) is 0 Å². The molecule has 0 fully saturated rings. The van der Waals surface area contributed by atoms with Gasteiger partial charge in [-0.3, -0.25) is 0 Å². The Hall–Kier alpha value is -0.500. The van der Waals surface area contributed by atoms with Crippen LogP contribution in [0.1, 0.15) is 38.7 Å². The van der Waals surface area contributed by atoms with Gasteiger partial charge in [0.2, 0.25) is 0 Å². The molecule has 0 spiro atoms. The van der Waals surface area contributed by atoms with Crippen molar-refractivity contribution in [3.05, 3.63) is 39.4 Å². The van der Waals surface area contributed by atoms with Gasteiger partial charge in [-0.1, -0.05) is 43.1 Å². The van der Waals surface area contributed by atoms with Gasteiger partial charge in [-0.05, 0) is 53.5 Å². The SMILES string of the molecule is CC1(C)CCC(CO)=C(c2ccc(Cl)c(Cl)c2)C1. The third kappa shape index (κ3) is 2.90. The van der Waals surface area contributed by atoms with E-state index in [0.717, 1.165) is 30.4 Å². The number of aliphatic hydroxyl groups is 1. The van der Waals surface area contributed by atoms with E-state index in [-0.39, 0.29) is 12.0 Å². The Balaban J connectivity index is 2.44. The molecule has 0 amide bonds. The maximum absolute atomic E-state index is 9.50. The smallest absolute Gasteiger partial charge is 0.0647 e. The molecule has 3 heteroatoms. The summed E-state index contributed by atoms with van der Waals surface area (Å²) >= 11 is 12.0.